The Kier molecular flexibility index (Phi) is 6.32. The summed E-state index contributed by atoms with van der Waals surface area (Å²) in [4.78, 5) is 55.5. The van der Waals surface area contributed by atoms with E-state index in [2.05, 4.69) is 15.1 Å². The zero-order valence-corrected chi connectivity index (χ0v) is 22.9. The Balaban J connectivity index is 1.74. The molecule has 0 saturated carbocycles. The largest absolute Gasteiger partial charge is 0.386 e. The van der Waals surface area contributed by atoms with Gasteiger partial charge in [0.15, 0.2) is 0 Å². The Morgan fingerprint density at radius 2 is 1.92 bits per heavy atom. The minimum atomic E-state index is -1.21. The molecule has 0 bridgehead atoms. The Morgan fingerprint density at radius 1 is 1.24 bits per heavy atom. The molecular weight excluding hydrogens is 510 g/mol. The fraction of sp³-hybridized carbons (Fsp3) is 0.440. The molecule has 1 aliphatic heterocycles. The van der Waals surface area contributed by atoms with E-state index in [0.717, 1.165) is 26.6 Å². The maximum Gasteiger partial charge on any atom is 0.332 e. The number of aryl methyl sites for hydroxylation is 1. The molecule has 5 rings (SSSR count). The van der Waals surface area contributed by atoms with Gasteiger partial charge in [0.25, 0.3) is 17.4 Å². The second-order valence-corrected chi connectivity index (χ2v) is 11.2. The van der Waals surface area contributed by atoms with Crippen molar-refractivity contribution in [1.82, 2.24) is 33.9 Å². The van der Waals surface area contributed by atoms with E-state index >= 15 is 0 Å². The molecule has 1 N–H and O–H groups in total. The van der Waals surface area contributed by atoms with Crippen LogP contribution in [0.2, 0.25) is 0 Å². The van der Waals surface area contributed by atoms with E-state index in [9.17, 15) is 19.5 Å². The average molecular weight is 540 g/mol. The molecule has 0 spiro atoms. The molecule has 38 heavy (non-hydrogen) atoms. The van der Waals surface area contributed by atoms with Gasteiger partial charge in [-0.25, -0.2) is 24.5 Å². The van der Waals surface area contributed by atoms with E-state index < -0.39 is 22.8 Å². The molecule has 5 heterocycles. The molecule has 0 radical (unpaired) electrons. The Bertz CT molecular complexity index is 1680. The smallest absolute Gasteiger partial charge is 0.332 e. The number of hydroxylamine groups is 2. The number of carbonyl (C=O) groups is 1. The van der Waals surface area contributed by atoms with E-state index in [1.54, 1.807) is 30.1 Å². The zero-order chi connectivity index (χ0) is 27.5. The standard InChI is InChI=1S/C25H29N7O5S/c1-13(2)31-22-19(20(33)29(6)24(31)35)18(21(34)30-11-25(5,36)12-37-30)17(38-22)10-16-14(3)28-32(15(16)4)23-26-8-7-9-27-23/h7-9,13,36H,10-12H2,1-6H3/t25-/m0/s1. The van der Waals surface area contributed by atoms with Crippen LogP contribution in [0, 0.1) is 13.8 Å². The highest BCUT2D eigenvalue weighted by Gasteiger charge is 2.39. The van der Waals surface area contributed by atoms with Crippen LogP contribution in [0.15, 0.2) is 28.0 Å². The van der Waals surface area contributed by atoms with Crippen molar-refractivity contribution in [1.29, 1.82) is 0 Å². The molecule has 200 valence electrons. The van der Waals surface area contributed by atoms with Crippen molar-refractivity contribution >= 4 is 27.5 Å². The Morgan fingerprint density at radius 3 is 2.53 bits per heavy atom. The summed E-state index contributed by atoms with van der Waals surface area (Å²) in [5.74, 6) is -0.119. The van der Waals surface area contributed by atoms with Crippen molar-refractivity contribution in [3.63, 3.8) is 0 Å². The molecular formula is C25H29N7O5S. The summed E-state index contributed by atoms with van der Waals surface area (Å²) in [7, 11) is 1.41. The van der Waals surface area contributed by atoms with E-state index in [4.69, 9.17) is 4.84 Å². The maximum atomic E-state index is 13.9. The number of rotatable bonds is 5. The van der Waals surface area contributed by atoms with Gasteiger partial charge < -0.3 is 5.11 Å². The number of aromatic nitrogens is 6. The van der Waals surface area contributed by atoms with Gasteiger partial charge in [-0.05, 0) is 40.7 Å². The number of nitrogens with zero attached hydrogens (tertiary/aromatic N) is 7. The van der Waals surface area contributed by atoms with E-state index in [1.807, 2.05) is 27.7 Å². The van der Waals surface area contributed by atoms with Gasteiger partial charge in [-0.2, -0.15) is 5.10 Å². The molecule has 4 aromatic rings. The van der Waals surface area contributed by atoms with Gasteiger partial charge >= 0.3 is 5.69 Å². The van der Waals surface area contributed by atoms with Crippen LogP contribution in [0.5, 0.6) is 0 Å². The molecule has 1 atom stereocenters. The predicted octanol–water partition coefficient (Wildman–Crippen LogP) is 1.66. The van der Waals surface area contributed by atoms with Crippen LogP contribution in [0.4, 0.5) is 0 Å². The minimum absolute atomic E-state index is 0.0475. The topological polar surface area (TPSA) is 137 Å². The highest BCUT2D eigenvalue weighted by molar-refractivity contribution is 7.19. The van der Waals surface area contributed by atoms with Crippen molar-refractivity contribution in [2.24, 2.45) is 7.05 Å². The minimum Gasteiger partial charge on any atom is -0.386 e. The lowest BCUT2D eigenvalue weighted by molar-refractivity contribution is -0.0796. The van der Waals surface area contributed by atoms with E-state index in [0.29, 0.717) is 15.7 Å². The number of aliphatic hydroxyl groups is 1. The SMILES string of the molecule is Cc1nn(-c2ncccn2)c(C)c1Cc1sc2c(c1C(=O)N1C[C@](C)(O)CO1)c(=O)n(C)c(=O)n2C(C)C. The Labute approximate surface area is 221 Å². The van der Waals surface area contributed by atoms with Crippen LogP contribution in [0.3, 0.4) is 0 Å². The summed E-state index contributed by atoms with van der Waals surface area (Å²) >= 11 is 1.24. The molecule has 4 aromatic heterocycles. The molecule has 1 fully saturated rings. The van der Waals surface area contributed by atoms with Crippen molar-refractivity contribution in [2.45, 2.75) is 52.7 Å². The first kappa shape index (κ1) is 25.9. The Hall–Kier alpha value is -3.68. The lowest BCUT2D eigenvalue weighted by Gasteiger charge is -2.17. The number of hydrogen-bond donors (Lipinski definition) is 1. The van der Waals surface area contributed by atoms with Gasteiger partial charge in [-0.15, -0.1) is 11.3 Å². The molecule has 1 saturated heterocycles. The monoisotopic (exact) mass is 539 g/mol. The van der Waals surface area contributed by atoms with Crippen LogP contribution in [-0.4, -0.2) is 63.7 Å². The summed E-state index contributed by atoms with van der Waals surface area (Å²) in [5.41, 5.74) is 0.310. The summed E-state index contributed by atoms with van der Waals surface area (Å²) in [6.45, 7) is 8.94. The zero-order valence-electron chi connectivity index (χ0n) is 22.0. The molecule has 0 aromatic carbocycles. The fourth-order valence-corrected chi connectivity index (χ4v) is 6.12. The summed E-state index contributed by atoms with van der Waals surface area (Å²) in [6, 6.07) is 1.47. The number of amides is 1. The number of fused-ring (bicyclic) bond motifs is 1. The van der Waals surface area contributed by atoms with Crippen LogP contribution in [0.25, 0.3) is 16.2 Å². The second-order valence-electron chi connectivity index (χ2n) is 10.1. The number of thiophene rings is 1. The van der Waals surface area contributed by atoms with Crippen LogP contribution in [-0.2, 0) is 18.3 Å². The van der Waals surface area contributed by atoms with Crippen molar-refractivity contribution in [3.8, 4) is 5.95 Å². The van der Waals surface area contributed by atoms with Crippen LogP contribution < -0.4 is 11.2 Å². The first-order valence-corrected chi connectivity index (χ1v) is 13.0. The van der Waals surface area contributed by atoms with Gasteiger partial charge in [-0.1, -0.05) is 0 Å². The lowest BCUT2D eigenvalue weighted by atomic mass is 10.0. The third-order valence-electron chi connectivity index (χ3n) is 6.69. The van der Waals surface area contributed by atoms with E-state index in [1.165, 1.54) is 23.0 Å². The number of hydrogen-bond acceptors (Lipinski definition) is 9. The normalized spacial score (nSPS) is 17.7. The average Bonchev–Trinajstić information content (AvgIpc) is 3.51. The summed E-state index contributed by atoms with van der Waals surface area (Å²) < 4.78 is 4.20. The van der Waals surface area contributed by atoms with Gasteiger partial charge in [0, 0.05) is 48.0 Å². The summed E-state index contributed by atoms with van der Waals surface area (Å²) in [6.07, 6.45) is 3.55. The second kappa shape index (κ2) is 9.26. The third-order valence-corrected chi connectivity index (χ3v) is 7.87. The predicted molar refractivity (Wildman–Crippen MR) is 141 cm³/mol. The van der Waals surface area contributed by atoms with Crippen molar-refractivity contribution in [2.75, 3.05) is 13.2 Å². The van der Waals surface area contributed by atoms with Crippen LogP contribution >= 0.6 is 11.3 Å². The highest BCUT2D eigenvalue weighted by Crippen LogP contribution is 2.35. The maximum absolute atomic E-state index is 13.9. The van der Waals surface area contributed by atoms with Crippen LogP contribution in [0.1, 0.15) is 59.0 Å². The molecule has 1 amide bonds. The lowest BCUT2D eigenvalue weighted by Crippen LogP contribution is -2.39. The molecule has 1 aliphatic rings. The highest BCUT2D eigenvalue weighted by atomic mass is 32.1. The third kappa shape index (κ3) is 4.16. The van der Waals surface area contributed by atoms with Crippen molar-refractivity contribution in [3.05, 3.63) is 66.7 Å². The van der Waals surface area contributed by atoms with Gasteiger partial charge in [0.2, 0.25) is 0 Å². The van der Waals surface area contributed by atoms with E-state index in [-0.39, 0.29) is 36.6 Å². The van der Waals surface area contributed by atoms with Gasteiger partial charge in [0.05, 0.1) is 23.2 Å². The molecule has 0 aliphatic carbocycles. The van der Waals surface area contributed by atoms with Gasteiger partial charge in [0.1, 0.15) is 17.0 Å². The number of carbonyl (C=O) groups excluding carboxylic acids is 1. The summed E-state index contributed by atoms with van der Waals surface area (Å²) in [5, 5.41) is 16.3. The quantitative estimate of drug-likeness (QED) is 0.404. The first-order valence-electron chi connectivity index (χ1n) is 12.2. The fourth-order valence-electron chi connectivity index (χ4n) is 4.70. The first-order chi connectivity index (χ1) is 17.9. The number of β-amino-alcohol motifs (C(OH)–C–C–N with tert-alkyl or cyclic N) is 1. The van der Waals surface area contributed by atoms with Gasteiger partial charge in [-0.3, -0.25) is 23.6 Å². The van der Waals surface area contributed by atoms with Crippen molar-refractivity contribution < 1.29 is 14.7 Å². The molecule has 12 nitrogen and oxygen atoms in total. The molecule has 13 heteroatoms. The molecule has 0 unspecified atom stereocenters.